The summed E-state index contributed by atoms with van der Waals surface area (Å²) in [5.74, 6) is 0.530. The maximum absolute atomic E-state index is 12.1. The van der Waals surface area contributed by atoms with Gasteiger partial charge in [-0.1, -0.05) is 30.3 Å². The first-order valence-electron chi connectivity index (χ1n) is 7.46. The molecule has 5 nitrogen and oxygen atoms in total. The molecule has 0 bridgehead atoms. The minimum Gasteiger partial charge on any atom is -0.497 e. The zero-order valence-electron chi connectivity index (χ0n) is 12.9. The fourth-order valence-electron chi connectivity index (χ4n) is 2.55. The van der Waals surface area contributed by atoms with Gasteiger partial charge in [0.05, 0.1) is 20.1 Å². The van der Waals surface area contributed by atoms with Crippen LogP contribution in [0.25, 0.3) is 0 Å². The summed E-state index contributed by atoms with van der Waals surface area (Å²) in [6.07, 6.45) is 0.249. The monoisotopic (exact) mass is 310 g/mol. The first-order valence-corrected chi connectivity index (χ1v) is 7.46. The number of nitrogens with zero attached hydrogens (tertiary/aromatic N) is 1. The van der Waals surface area contributed by atoms with Crippen molar-refractivity contribution in [2.75, 3.05) is 18.6 Å². The molecule has 0 radical (unpaired) electrons. The second-order valence-electron chi connectivity index (χ2n) is 5.43. The second kappa shape index (κ2) is 6.52. The minimum atomic E-state index is -0.430. The third-order valence-electron chi connectivity index (χ3n) is 3.86. The highest BCUT2D eigenvalue weighted by Gasteiger charge is 2.38. The molecular formula is C18H18N2O3. The Kier molecular flexibility index (Phi) is 4.28. The average molecular weight is 310 g/mol. The van der Waals surface area contributed by atoms with Gasteiger partial charge in [0, 0.05) is 5.69 Å². The molecule has 0 aromatic heterocycles. The van der Waals surface area contributed by atoms with Crippen LogP contribution in [0.5, 0.6) is 5.75 Å². The lowest BCUT2D eigenvalue weighted by Crippen LogP contribution is -2.64. The van der Waals surface area contributed by atoms with Crippen LogP contribution < -0.4 is 15.0 Å². The first kappa shape index (κ1) is 15.1. The Hall–Kier alpha value is -2.82. The maximum Gasteiger partial charge on any atom is 0.251 e. The van der Waals surface area contributed by atoms with Gasteiger partial charge in [0.15, 0.2) is 0 Å². The van der Waals surface area contributed by atoms with E-state index in [-0.39, 0.29) is 18.2 Å². The van der Waals surface area contributed by atoms with E-state index < -0.39 is 6.04 Å². The number of ether oxygens (including phenoxy) is 1. The van der Waals surface area contributed by atoms with Crippen molar-refractivity contribution < 1.29 is 14.3 Å². The smallest absolute Gasteiger partial charge is 0.251 e. The molecule has 0 spiro atoms. The summed E-state index contributed by atoms with van der Waals surface area (Å²) in [5.41, 5.74) is 1.74. The van der Waals surface area contributed by atoms with Crippen molar-refractivity contribution in [1.82, 2.24) is 5.32 Å². The molecule has 118 valence electrons. The molecule has 2 amide bonds. The molecule has 1 aliphatic heterocycles. The van der Waals surface area contributed by atoms with E-state index in [9.17, 15) is 9.59 Å². The van der Waals surface area contributed by atoms with Gasteiger partial charge in [0.1, 0.15) is 11.8 Å². The zero-order valence-corrected chi connectivity index (χ0v) is 12.9. The third-order valence-corrected chi connectivity index (χ3v) is 3.86. The molecule has 1 unspecified atom stereocenters. The summed E-state index contributed by atoms with van der Waals surface area (Å²) >= 11 is 0. The number of amides is 2. The van der Waals surface area contributed by atoms with Crippen LogP contribution in [-0.2, 0) is 16.0 Å². The Morgan fingerprint density at radius 3 is 2.48 bits per heavy atom. The standard InChI is InChI=1S/C18H18N2O3/c1-23-15-9-7-13(8-10-15)11-17(21)19-16-12-20(18(16)22)14-5-3-2-4-6-14/h2-10,16H,11-12H2,1H3,(H,19,21). The highest BCUT2D eigenvalue weighted by molar-refractivity contribution is 6.05. The van der Waals surface area contributed by atoms with E-state index in [1.807, 2.05) is 54.6 Å². The fraction of sp³-hybridized carbons (Fsp3) is 0.222. The van der Waals surface area contributed by atoms with Gasteiger partial charge in [-0.3, -0.25) is 9.59 Å². The molecule has 3 rings (SSSR count). The Morgan fingerprint density at radius 1 is 1.17 bits per heavy atom. The lowest BCUT2D eigenvalue weighted by atomic mass is 10.1. The highest BCUT2D eigenvalue weighted by Crippen LogP contribution is 2.21. The molecule has 23 heavy (non-hydrogen) atoms. The fourth-order valence-corrected chi connectivity index (χ4v) is 2.55. The topological polar surface area (TPSA) is 58.6 Å². The number of nitrogens with one attached hydrogen (secondary N) is 1. The van der Waals surface area contributed by atoms with E-state index in [2.05, 4.69) is 5.32 Å². The molecule has 1 N–H and O–H groups in total. The van der Waals surface area contributed by atoms with Gasteiger partial charge >= 0.3 is 0 Å². The summed E-state index contributed by atoms with van der Waals surface area (Å²) in [7, 11) is 1.60. The second-order valence-corrected chi connectivity index (χ2v) is 5.43. The lowest BCUT2D eigenvalue weighted by Gasteiger charge is -2.38. The average Bonchev–Trinajstić information content (AvgIpc) is 2.59. The van der Waals surface area contributed by atoms with Crippen LogP contribution in [0.1, 0.15) is 5.56 Å². The SMILES string of the molecule is COc1ccc(CC(=O)NC2CN(c3ccccc3)C2=O)cc1. The van der Waals surface area contributed by atoms with Gasteiger partial charge in [0.25, 0.3) is 5.91 Å². The van der Waals surface area contributed by atoms with Crippen molar-refractivity contribution in [1.29, 1.82) is 0 Å². The molecule has 0 saturated carbocycles. The Morgan fingerprint density at radius 2 is 1.87 bits per heavy atom. The summed E-state index contributed by atoms with van der Waals surface area (Å²) < 4.78 is 5.08. The Balaban J connectivity index is 1.52. The summed E-state index contributed by atoms with van der Waals surface area (Å²) in [6.45, 7) is 0.511. The highest BCUT2D eigenvalue weighted by atomic mass is 16.5. The molecule has 1 aliphatic rings. The number of β-lactam (4-membered cyclic amide) rings is 1. The lowest BCUT2D eigenvalue weighted by molar-refractivity contribution is -0.130. The zero-order chi connectivity index (χ0) is 16.2. The summed E-state index contributed by atoms with van der Waals surface area (Å²) in [6, 6.07) is 16.3. The number of methoxy groups -OCH3 is 1. The van der Waals surface area contributed by atoms with Crippen LogP contribution >= 0.6 is 0 Å². The van der Waals surface area contributed by atoms with Gasteiger partial charge in [-0.25, -0.2) is 0 Å². The van der Waals surface area contributed by atoms with Crippen LogP contribution in [0.2, 0.25) is 0 Å². The van der Waals surface area contributed by atoms with Gasteiger partial charge in [-0.15, -0.1) is 0 Å². The number of para-hydroxylation sites is 1. The maximum atomic E-state index is 12.1. The van der Waals surface area contributed by atoms with Crippen molar-refractivity contribution in [2.24, 2.45) is 0 Å². The molecular weight excluding hydrogens is 292 g/mol. The van der Waals surface area contributed by atoms with Crippen molar-refractivity contribution >= 4 is 17.5 Å². The number of rotatable bonds is 5. The predicted octanol–water partition coefficient (Wildman–Crippen LogP) is 1.77. The van der Waals surface area contributed by atoms with Crippen molar-refractivity contribution in [3.63, 3.8) is 0 Å². The van der Waals surface area contributed by atoms with Crippen LogP contribution in [0.3, 0.4) is 0 Å². The van der Waals surface area contributed by atoms with Crippen LogP contribution in [0, 0.1) is 0 Å². The molecule has 0 aliphatic carbocycles. The molecule has 1 atom stereocenters. The van der Waals surface area contributed by atoms with E-state index >= 15 is 0 Å². The Bertz CT molecular complexity index is 698. The number of anilines is 1. The van der Waals surface area contributed by atoms with E-state index in [1.165, 1.54) is 0 Å². The van der Waals surface area contributed by atoms with E-state index in [0.717, 1.165) is 17.0 Å². The molecule has 1 saturated heterocycles. The van der Waals surface area contributed by atoms with Crippen molar-refractivity contribution in [3.8, 4) is 5.75 Å². The van der Waals surface area contributed by atoms with E-state index in [4.69, 9.17) is 4.74 Å². The molecule has 5 heteroatoms. The summed E-state index contributed by atoms with van der Waals surface area (Å²) in [5, 5.41) is 2.78. The minimum absolute atomic E-state index is 0.0701. The molecule has 1 heterocycles. The van der Waals surface area contributed by atoms with Gasteiger partial charge in [-0.2, -0.15) is 0 Å². The van der Waals surface area contributed by atoms with Gasteiger partial charge in [0.2, 0.25) is 5.91 Å². The summed E-state index contributed by atoms with van der Waals surface area (Å²) in [4.78, 5) is 25.8. The number of hydrogen-bond donors (Lipinski definition) is 1. The van der Waals surface area contributed by atoms with E-state index in [0.29, 0.717) is 6.54 Å². The predicted molar refractivity (Wildman–Crippen MR) is 87.4 cm³/mol. The molecule has 2 aromatic carbocycles. The van der Waals surface area contributed by atoms with Gasteiger partial charge in [-0.05, 0) is 29.8 Å². The molecule has 2 aromatic rings. The van der Waals surface area contributed by atoms with Crippen molar-refractivity contribution in [3.05, 3.63) is 60.2 Å². The van der Waals surface area contributed by atoms with Crippen molar-refractivity contribution in [2.45, 2.75) is 12.5 Å². The number of carbonyl (C=O) groups excluding carboxylic acids is 2. The number of benzene rings is 2. The number of hydrogen-bond acceptors (Lipinski definition) is 3. The molecule has 1 fully saturated rings. The number of carbonyl (C=O) groups is 2. The third kappa shape index (κ3) is 3.34. The normalized spacial score (nSPS) is 16.7. The largest absolute Gasteiger partial charge is 0.497 e. The quantitative estimate of drug-likeness (QED) is 0.856. The van der Waals surface area contributed by atoms with Crippen LogP contribution in [-0.4, -0.2) is 31.5 Å². The Labute approximate surface area is 134 Å². The van der Waals surface area contributed by atoms with Gasteiger partial charge < -0.3 is 15.0 Å². The van der Waals surface area contributed by atoms with E-state index in [1.54, 1.807) is 12.0 Å². The van der Waals surface area contributed by atoms with Crippen LogP contribution in [0.15, 0.2) is 54.6 Å². The van der Waals surface area contributed by atoms with Crippen LogP contribution in [0.4, 0.5) is 5.69 Å². The first-order chi connectivity index (χ1) is 11.2.